The van der Waals surface area contributed by atoms with Gasteiger partial charge < -0.3 is 4.74 Å². The fourth-order valence-electron chi connectivity index (χ4n) is 1.88. The van der Waals surface area contributed by atoms with E-state index in [1.807, 2.05) is 42.5 Å². The van der Waals surface area contributed by atoms with Crippen LogP contribution < -0.4 is 4.72 Å². The molecule has 0 heterocycles. The number of sulfonamides is 1. The zero-order valence-corrected chi connectivity index (χ0v) is 14.4. The summed E-state index contributed by atoms with van der Waals surface area (Å²) in [5.41, 5.74) is 1.74. The molecule has 0 unspecified atom stereocenters. The van der Waals surface area contributed by atoms with Gasteiger partial charge in [-0.3, -0.25) is 4.79 Å². The van der Waals surface area contributed by atoms with E-state index in [0.717, 1.165) is 16.5 Å². The van der Waals surface area contributed by atoms with E-state index >= 15 is 0 Å². The lowest BCUT2D eigenvalue weighted by Gasteiger charge is -2.03. The Hall–Kier alpha value is -2.70. The van der Waals surface area contributed by atoms with E-state index in [1.54, 1.807) is 30.3 Å². The Bertz CT molecular complexity index is 828. The van der Waals surface area contributed by atoms with Gasteiger partial charge in [-0.15, -0.1) is 0 Å². The number of benzene rings is 2. The fraction of sp³-hybridized carbons (Fsp3) is 0.105. The van der Waals surface area contributed by atoms with E-state index < -0.39 is 22.5 Å². The van der Waals surface area contributed by atoms with E-state index in [0.29, 0.717) is 0 Å². The largest absolute Gasteiger partial charge is 0.460 e. The maximum absolute atomic E-state index is 11.8. The molecule has 0 aliphatic carbocycles. The molecule has 0 aliphatic rings. The van der Waals surface area contributed by atoms with Crippen LogP contribution in [0.15, 0.2) is 72.1 Å². The smallest absolute Gasteiger partial charge is 0.321 e. The number of ether oxygens (including phenoxy) is 1. The molecular weight excluding hydrogens is 338 g/mol. The molecule has 2 rings (SSSR count). The van der Waals surface area contributed by atoms with Crippen LogP contribution in [-0.4, -0.2) is 27.5 Å². The van der Waals surface area contributed by atoms with E-state index in [9.17, 15) is 13.2 Å². The molecular formula is C19H19NO4S. The Labute approximate surface area is 147 Å². The topological polar surface area (TPSA) is 72.5 Å². The molecule has 0 fully saturated rings. The molecule has 2 aromatic carbocycles. The molecule has 5 nitrogen and oxygen atoms in total. The summed E-state index contributed by atoms with van der Waals surface area (Å²) in [7, 11) is -3.70. The molecule has 6 heteroatoms. The van der Waals surface area contributed by atoms with Crippen LogP contribution in [0.2, 0.25) is 0 Å². The number of rotatable bonds is 8. The van der Waals surface area contributed by atoms with Crippen LogP contribution in [0.4, 0.5) is 0 Å². The quantitative estimate of drug-likeness (QED) is 0.738. The number of carbonyl (C=O) groups is 1. The highest BCUT2D eigenvalue weighted by molar-refractivity contribution is 7.92. The summed E-state index contributed by atoms with van der Waals surface area (Å²) in [6.07, 6.45) is 4.97. The molecule has 25 heavy (non-hydrogen) atoms. The maximum Gasteiger partial charge on any atom is 0.321 e. The molecule has 0 amide bonds. The molecule has 0 aromatic heterocycles. The number of hydrogen-bond donors (Lipinski definition) is 1. The number of hydrogen-bond acceptors (Lipinski definition) is 4. The van der Waals surface area contributed by atoms with Crippen molar-refractivity contribution < 1.29 is 17.9 Å². The predicted molar refractivity (Wildman–Crippen MR) is 98.8 cm³/mol. The van der Waals surface area contributed by atoms with Crippen molar-refractivity contribution in [2.45, 2.75) is 0 Å². The Morgan fingerprint density at radius 1 is 0.920 bits per heavy atom. The van der Waals surface area contributed by atoms with E-state index in [2.05, 4.69) is 4.72 Å². The second kappa shape index (κ2) is 9.56. The van der Waals surface area contributed by atoms with Crippen molar-refractivity contribution in [3.63, 3.8) is 0 Å². The van der Waals surface area contributed by atoms with Crippen molar-refractivity contribution in [2.75, 3.05) is 13.2 Å². The average molecular weight is 357 g/mol. The normalized spacial score (nSPS) is 11.8. The van der Waals surface area contributed by atoms with Gasteiger partial charge in [-0.1, -0.05) is 66.7 Å². The molecule has 0 radical (unpaired) electrons. The van der Waals surface area contributed by atoms with Crippen molar-refractivity contribution >= 4 is 28.1 Å². The van der Waals surface area contributed by atoms with Gasteiger partial charge in [0.1, 0.15) is 13.2 Å². The van der Waals surface area contributed by atoms with Crippen molar-refractivity contribution in [1.82, 2.24) is 4.72 Å². The molecule has 0 saturated heterocycles. The molecule has 0 aliphatic heterocycles. The lowest BCUT2D eigenvalue weighted by atomic mass is 10.2. The highest BCUT2D eigenvalue weighted by Crippen LogP contribution is 2.03. The van der Waals surface area contributed by atoms with Crippen molar-refractivity contribution in [1.29, 1.82) is 0 Å². The van der Waals surface area contributed by atoms with Crippen LogP contribution in [-0.2, 0) is 19.6 Å². The zero-order chi connectivity index (χ0) is 18.0. The predicted octanol–water partition coefficient (Wildman–Crippen LogP) is 2.83. The Kier molecular flexibility index (Phi) is 7.13. The standard InChI is InChI=1S/C19H19NO4S/c21-19(24-14-7-12-17-8-3-1-4-9-17)16-20-25(22,23)15-13-18-10-5-2-6-11-18/h1-13,15,20H,14,16H2. The van der Waals surface area contributed by atoms with Crippen molar-refractivity contribution in [2.24, 2.45) is 0 Å². The Morgan fingerprint density at radius 3 is 2.08 bits per heavy atom. The Morgan fingerprint density at radius 2 is 1.48 bits per heavy atom. The molecule has 2 aromatic rings. The van der Waals surface area contributed by atoms with Gasteiger partial charge in [-0.25, -0.2) is 13.1 Å². The highest BCUT2D eigenvalue weighted by atomic mass is 32.2. The summed E-state index contributed by atoms with van der Waals surface area (Å²) in [4.78, 5) is 11.6. The average Bonchev–Trinajstić information content (AvgIpc) is 2.64. The first kappa shape index (κ1) is 18.6. The lowest BCUT2D eigenvalue weighted by molar-refractivity contribution is -0.140. The van der Waals surface area contributed by atoms with E-state index in [-0.39, 0.29) is 6.61 Å². The van der Waals surface area contributed by atoms with Gasteiger partial charge in [0.2, 0.25) is 10.0 Å². The minimum atomic E-state index is -3.70. The van der Waals surface area contributed by atoms with Crippen molar-refractivity contribution in [3.05, 3.63) is 83.3 Å². The van der Waals surface area contributed by atoms with Crippen LogP contribution >= 0.6 is 0 Å². The van der Waals surface area contributed by atoms with Crippen molar-refractivity contribution in [3.8, 4) is 0 Å². The van der Waals surface area contributed by atoms with Gasteiger partial charge in [0.25, 0.3) is 0 Å². The lowest BCUT2D eigenvalue weighted by Crippen LogP contribution is -2.29. The van der Waals surface area contributed by atoms with Gasteiger partial charge in [-0.2, -0.15) is 0 Å². The molecule has 0 saturated carbocycles. The van der Waals surface area contributed by atoms with E-state index in [1.165, 1.54) is 6.08 Å². The summed E-state index contributed by atoms with van der Waals surface area (Å²) in [5.74, 6) is -0.644. The summed E-state index contributed by atoms with van der Waals surface area (Å²) < 4.78 is 30.7. The molecule has 0 bridgehead atoms. The van der Waals surface area contributed by atoms with Crippen LogP contribution in [0.3, 0.4) is 0 Å². The highest BCUT2D eigenvalue weighted by Gasteiger charge is 2.09. The van der Waals surface area contributed by atoms with Gasteiger partial charge in [0.15, 0.2) is 0 Å². The van der Waals surface area contributed by atoms with Gasteiger partial charge in [-0.05, 0) is 23.3 Å². The fourth-order valence-corrected chi connectivity index (χ4v) is 2.63. The van der Waals surface area contributed by atoms with Gasteiger partial charge >= 0.3 is 5.97 Å². The summed E-state index contributed by atoms with van der Waals surface area (Å²) in [6, 6.07) is 18.6. The third-order valence-corrected chi connectivity index (χ3v) is 4.15. The summed E-state index contributed by atoms with van der Waals surface area (Å²) in [5, 5.41) is 1.02. The minimum absolute atomic E-state index is 0.0787. The zero-order valence-electron chi connectivity index (χ0n) is 13.5. The third-order valence-electron chi connectivity index (χ3n) is 3.11. The Balaban J connectivity index is 1.73. The first-order valence-corrected chi connectivity index (χ1v) is 9.20. The second-order valence-corrected chi connectivity index (χ2v) is 6.73. The van der Waals surface area contributed by atoms with Crippen LogP contribution in [0, 0.1) is 0 Å². The monoisotopic (exact) mass is 357 g/mol. The number of nitrogens with one attached hydrogen (secondary N) is 1. The minimum Gasteiger partial charge on any atom is -0.460 e. The SMILES string of the molecule is O=C(CNS(=O)(=O)C=Cc1ccccc1)OCC=Cc1ccccc1. The van der Waals surface area contributed by atoms with E-state index in [4.69, 9.17) is 4.74 Å². The van der Waals surface area contributed by atoms with Crippen LogP contribution in [0.25, 0.3) is 12.2 Å². The summed E-state index contributed by atoms with van der Waals surface area (Å²) in [6.45, 7) is -0.337. The summed E-state index contributed by atoms with van der Waals surface area (Å²) >= 11 is 0. The maximum atomic E-state index is 11.8. The van der Waals surface area contributed by atoms with Gasteiger partial charge in [0, 0.05) is 5.41 Å². The molecule has 1 N–H and O–H groups in total. The number of carbonyl (C=O) groups excluding carboxylic acids is 1. The first-order valence-electron chi connectivity index (χ1n) is 7.65. The molecule has 0 atom stereocenters. The molecule has 130 valence electrons. The van der Waals surface area contributed by atoms with Gasteiger partial charge in [0.05, 0.1) is 0 Å². The third kappa shape index (κ3) is 7.60. The second-order valence-electron chi connectivity index (χ2n) is 5.08. The van der Waals surface area contributed by atoms with Crippen LogP contribution in [0.1, 0.15) is 11.1 Å². The van der Waals surface area contributed by atoms with Crippen LogP contribution in [0.5, 0.6) is 0 Å². The molecule has 0 spiro atoms. The number of esters is 1. The first-order chi connectivity index (χ1) is 12.1.